The third kappa shape index (κ3) is 12.0. The van der Waals surface area contributed by atoms with Gasteiger partial charge in [-0.25, -0.2) is 9.78 Å². The van der Waals surface area contributed by atoms with Crippen LogP contribution >= 0.6 is 11.6 Å². The summed E-state index contributed by atoms with van der Waals surface area (Å²) in [6.07, 6.45) is -15.7. The zero-order chi connectivity index (χ0) is 42.5. The number of anilines is 5. The van der Waals surface area contributed by atoms with E-state index in [1.165, 1.54) is 11.1 Å². The number of alkyl halides is 12. The standard InChI is InChI=1S/C24H20ClF3N10O.C4F6O2.C2HF3O/c25-17-11-30-22-32-16-7-13(9-29-10-16)1-2-14-8-15(31-20(17)34-22)3-4-18(14)33-23(39)37-5-6-38-19(12-37)35-36-21(38)24(26,27)28;5-3(6,7)1(11)2(12)4(8,9)10;3-2(4,5)1-6/h3-4,7-11H,1-2,5-6,12H2,(H,33,39)(H2,30,31,32,34);;1H. The highest BCUT2D eigenvalue weighted by Gasteiger charge is 2.54. The van der Waals surface area contributed by atoms with E-state index in [4.69, 9.17) is 16.4 Å². The molecule has 4 aromatic rings. The molecule has 27 heteroatoms. The molecule has 0 saturated heterocycles. The molecule has 6 bridgehead atoms. The van der Waals surface area contributed by atoms with Crippen LogP contribution in [-0.4, -0.2) is 83.6 Å². The van der Waals surface area contributed by atoms with Gasteiger partial charge in [-0.05, 0) is 48.2 Å². The van der Waals surface area contributed by atoms with E-state index < -0.39 is 54.4 Å². The predicted molar refractivity (Wildman–Crippen MR) is 170 cm³/mol. The summed E-state index contributed by atoms with van der Waals surface area (Å²) in [5.41, 5.74) is 3.77. The summed E-state index contributed by atoms with van der Waals surface area (Å²) >= 11 is 6.32. The topological polar surface area (TPSA) is 177 Å². The molecule has 0 saturated carbocycles. The Bertz CT molecular complexity index is 2120. The largest absolute Gasteiger partial charge is 0.458 e. The highest BCUT2D eigenvalue weighted by Crippen LogP contribution is 2.32. The number of pyridine rings is 1. The summed E-state index contributed by atoms with van der Waals surface area (Å²) in [4.78, 5) is 55.5. The van der Waals surface area contributed by atoms with E-state index >= 15 is 0 Å². The molecule has 0 atom stereocenters. The second-order valence-corrected chi connectivity index (χ2v) is 11.8. The van der Waals surface area contributed by atoms with Crippen LogP contribution in [0.3, 0.4) is 0 Å². The molecular weight excluding hydrogens is 828 g/mol. The van der Waals surface area contributed by atoms with Gasteiger partial charge in [-0.2, -0.15) is 57.7 Å². The maximum absolute atomic E-state index is 13.2. The maximum atomic E-state index is 13.2. The second-order valence-electron chi connectivity index (χ2n) is 11.3. The van der Waals surface area contributed by atoms with Crippen molar-refractivity contribution in [3.05, 3.63) is 70.7 Å². The first-order valence-electron chi connectivity index (χ1n) is 15.3. The number of aldehydes is 1. The van der Waals surface area contributed by atoms with Crippen molar-refractivity contribution in [2.75, 3.05) is 22.5 Å². The Kier molecular flexibility index (Phi) is 13.0. The van der Waals surface area contributed by atoms with E-state index in [2.05, 4.69) is 41.1 Å². The van der Waals surface area contributed by atoms with Gasteiger partial charge in [-0.3, -0.25) is 19.4 Å². The van der Waals surface area contributed by atoms with Gasteiger partial charge >= 0.3 is 42.3 Å². The number of carbonyl (C=O) groups excluding carboxylic acids is 4. The van der Waals surface area contributed by atoms with Crippen molar-refractivity contribution < 1.29 is 71.9 Å². The normalized spacial score (nSPS) is 13.9. The summed E-state index contributed by atoms with van der Waals surface area (Å²) in [6.45, 7) is -0.0712. The van der Waals surface area contributed by atoms with Crippen molar-refractivity contribution in [3.8, 4) is 0 Å². The molecule has 2 aliphatic heterocycles. The van der Waals surface area contributed by atoms with Crippen LogP contribution in [0.1, 0.15) is 22.8 Å². The molecular formula is C30H21ClF12N10O4. The number of urea groups is 1. The molecule has 306 valence electrons. The summed E-state index contributed by atoms with van der Waals surface area (Å²) in [5.74, 6) is -7.04. The Hall–Kier alpha value is -6.08. The molecule has 1 aromatic carbocycles. The SMILES string of the molecule is O=C(C(=O)C(F)(F)F)C(F)(F)F.O=C(Nc1ccc2cc1CCc1cncc(c1)Nc1ncc(Cl)c(n1)N2)N1CCn2c(nnc2C(F)(F)F)C1.O=CC(F)(F)F. The lowest BCUT2D eigenvalue weighted by Gasteiger charge is -2.28. The third-order valence-corrected chi connectivity index (χ3v) is 7.51. The average molecular weight is 849 g/mol. The molecule has 2 aliphatic rings. The van der Waals surface area contributed by atoms with Gasteiger partial charge in [0.2, 0.25) is 18.1 Å². The van der Waals surface area contributed by atoms with E-state index in [-0.39, 0.29) is 25.5 Å². The minimum absolute atomic E-state index is 0.0562. The van der Waals surface area contributed by atoms with Crippen LogP contribution in [0.15, 0.2) is 42.9 Å². The molecule has 14 nitrogen and oxygen atoms in total. The quantitative estimate of drug-likeness (QED) is 0.110. The Morgan fingerprint density at radius 2 is 1.46 bits per heavy atom. The lowest BCUT2D eigenvalue weighted by atomic mass is 10.0. The number of hydrogen-bond donors (Lipinski definition) is 3. The van der Waals surface area contributed by atoms with Crippen molar-refractivity contribution in [2.24, 2.45) is 0 Å². The number of rotatable bonds is 2. The van der Waals surface area contributed by atoms with Crippen molar-refractivity contribution in [2.45, 2.75) is 50.6 Å². The van der Waals surface area contributed by atoms with Gasteiger partial charge < -0.3 is 25.4 Å². The smallest absolute Gasteiger partial charge is 0.339 e. The van der Waals surface area contributed by atoms with E-state index in [9.17, 15) is 67.1 Å². The van der Waals surface area contributed by atoms with Crippen LogP contribution < -0.4 is 16.0 Å². The lowest BCUT2D eigenvalue weighted by molar-refractivity contribution is -0.193. The van der Waals surface area contributed by atoms with Crippen molar-refractivity contribution in [1.82, 2.24) is 34.6 Å². The Labute approximate surface area is 314 Å². The predicted octanol–water partition coefficient (Wildman–Crippen LogP) is 6.77. The molecule has 6 rings (SSSR count). The fourth-order valence-electron chi connectivity index (χ4n) is 4.75. The fourth-order valence-corrected chi connectivity index (χ4v) is 4.88. The second kappa shape index (κ2) is 17.0. The molecule has 0 spiro atoms. The van der Waals surface area contributed by atoms with Gasteiger partial charge in [0.15, 0.2) is 11.6 Å². The maximum Gasteiger partial charge on any atom is 0.458 e. The molecule has 0 unspecified atom stereocenters. The first kappa shape index (κ1) is 43.6. The van der Waals surface area contributed by atoms with Gasteiger partial charge in [0.25, 0.3) is 0 Å². The van der Waals surface area contributed by atoms with Gasteiger partial charge in [0, 0.05) is 30.7 Å². The number of amides is 2. The zero-order valence-electron chi connectivity index (χ0n) is 27.8. The molecule has 57 heavy (non-hydrogen) atoms. The minimum Gasteiger partial charge on any atom is -0.339 e. The monoisotopic (exact) mass is 848 g/mol. The molecule has 0 radical (unpaired) electrons. The number of fused-ring (bicyclic) bond motifs is 7. The van der Waals surface area contributed by atoms with Gasteiger partial charge in [-0.1, -0.05) is 11.6 Å². The Morgan fingerprint density at radius 1 is 0.807 bits per heavy atom. The number of nitrogens with zero attached hydrogens (tertiary/aromatic N) is 7. The fraction of sp³-hybridized carbons (Fsp3) is 0.300. The third-order valence-electron chi connectivity index (χ3n) is 7.24. The van der Waals surface area contributed by atoms with Crippen LogP contribution in [-0.2, 0) is 46.5 Å². The summed E-state index contributed by atoms with van der Waals surface area (Å²) in [6, 6.07) is 6.91. The lowest BCUT2D eigenvalue weighted by Crippen LogP contribution is -2.41. The molecule has 3 aromatic heterocycles. The highest BCUT2D eigenvalue weighted by atomic mass is 35.5. The Balaban J connectivity index is 0.000000334. The van der Waals surface area contributed by atoms with Crippen LogP contribution in [0.4, 0.5) is 86.3 Å². The molecule has 0 aliphatic carbocycles. The molecule has 3 N–H and O–H groups in total. The number of Topliss-reactive ketones (excluding diaryl/α,β-unsaturated/α-hetero) is 2. The number of benzene rings is 1. The number of nitrogens with one attached hydrogen (secondary N) is 3. The minimum atomic E-state index is -5.77. The van der Waals surface area contributed by atoms with Gasteiger partial charge in [0.1, 0.15) is 5.02 Å². The summed E-state index contributed by atoms with van der Waals surface area (Å²) in [5, 5.41) is 16.5. The summed E-state index contributed by atoms with van der Waals surface area (Å²) < 4.78 is 139. The van der Waals surface area contributed by atoms with Crippen molar-refractivity contribution in [3.63, 3.8) is 0 Å². The van der Waals surface area contributed by atoms with Crippen LogP contribution in [0.2, 0.25) is 5.02 Å². The van der Waals surface area contributed by atoms with Crippen LogP contribution in [0.5, 0.6) is 0 Å². The molecule has 0 fully saturated rings. The first-order chi connectivity index (χ1) is 26.4. The zero-order valence-corrected chi connectivity index (χ0v) is 28.6. The van der Waals surface area contributed by atoms with Gasteiger partial charge in [0.05, 0.1) is 24.6 Å². The highest BCUT2D eigenvalue weighted by molar-refractivity contribution is 6.41. The van der Waals surface area contributed by atoms with Crippen molar-refractivity contribution >= 4 is 64.3 Å². The number of carbonyl (C=O) groups is 4. The number of halogens is 13. The van der Waals surface area contributed by atoms with Crippen LogP contribution in [0, 0.1) is 0 Å². The molecule has 2 amide bonds. The van der Waals surface area contributed by atoms with E-state index in [1.807, 2.05) is 12.1 Å². The van der Waals surface area contributed by atoms with Crippen molar-refractivity contribution in [1.29, 1.82) is 0 Å². The Morgan fingerprint density at radius 3 is 2.05 bits per heavy atom. The van der Waals surface area contributed by atoms with E-state index in [1.54, 1.807) is 24.5 Å². The first-order valence-corrected chi connectivity index (χ1v) is 15.7. The molecule has 5 heterocycles. The number of hydrogen-bond acceptors (Lipinski definition) is 11. The van der Waals surface area contributed by atoms with E-state index in [0.29, 0.717) is 46.7 Å². The number of ketones is 2. The summed E-state index contributed by atoms with van der Waals surface area (Å²) in [7, 11) is 0. The number of aryl methyl sites for hydroxylation is 2. The number of aromatic nitrogens is 6. The average Bonchev–Trinajstić information content (AvgIpc) is 3.56. The van der Waals surface area contributed by atoms with Crippen LogP contribution in [0.25, 0.3) is 0 Å². The van der Waals surface area contributed by atoms with Gasteiger partial charge in [-0.15, -0.1) is 10.2 Å². The van der Waals surface area contributed by atoms with E-state index in [0.717, 1.165) is 15.7 Å².